The molecule has 0 saturated carbocycles. The highest BCUT2D eigenvalue weighted by molar-refractivity contribution is 6.31. The largest absolute Gasteiger partial charge is 0.398 e. The molecule has 0 aliphatic carbocycles. The average molecular weight is 252 g/mol. The lowest BCUT2D eigenvalue weighted by Gasteiger charge is -2.05. The van der Waals surface area contributed by atoms with Crippen molar-refractivity contribution in [2.24, 2.45) is 0 Å². The first-order chi connectivity index (χ1) is 8.18. The van der Waals surface area contributed by atoms with Crippen molar-refractivity contribution in [2.45, 2.75) is 13.8 Å². The van der Waals surface area contributed by atoms with Crippen molar-refractivity contribution in [3.63, 3.8) is 0 Å². The van der Waals surface area contributed by atoms with Crippen LogP contribution < -0.4 is 5.73 Å². The standard InChI is InChI=1S/C12H9ClFN.C2H6/c13-10-7-8(5-6-11(10)14)9-3-1-2-4-12(9)15;1-2/h1-7H,15H2;1-2H3. The summed E-state index contributed by atoms with van der Waals surface area (Å²) in [5.41, 5.74) is 8.14. The second-order valence-electron chi connectivity index (χ2n) is 3.22. The number of hydrogen-bond donors (Lipinski definition) is 1. The average Bonchev–Trinajstić information content (AvgIpc) is 2.36. The van der Waals surface area contributed by atoms with Gasteiger partial charge in [-0.1, -0.05) is 49.7 Å². The minimum Gasteiger partial charge on any atom is -0.398 e. The number of nitrogen functional groups attached to an aromatic ring is 1. The summed E-state index contributed by atoms with van der Waals surface area (Å²) in [4.78, 5) is 0. The predicted molar refractivity (Wildman–Crippen MR) is 72.6 cm³/mol. The molecule has 2 rings (SSSR count). The molecule has 0 aliphatic rings. The number of nitrogens with two attached hydrogens (primary N) is 1. The molecule has 2 aromatic rings. The van der Waals surface area contributed by atoms with Crippen molar-refractivity contribution < 1.29 is 4.39 Å². The van der Waals surface area contributed by atoms with E-state index in [4.69, 9.17) is 17.3 Å². The highest BCUT2D eigenvalue weighted by atomic mass is 35.5. The summed E-state index contributed by atoms with van der Waals surface area (Å²) in [6.45, 7) is 4.00. The Morgan fingerprint density at radius 2 is 1.71 bits per heavy atom. The van der Waals surface area contributed by atoms with Crippen molar-refractivity contribution in [2.75, 3.05) is 5.73 Å². The van der Waals surface area contributed by atoms with E-state index in [2.05, 4.69) is 0 Å². The van der Waals surface area contributed by atoms with Crippen LogP contribution in [0.25, 0.3) is 11.1 Å². The van der Waals surface area contributed by atoms with Gasteiger partial charge in [0.25, 0.3) is 0 Å². The Morgan fingerprint density at radius 3 is 2.29 bits per heavy atom. The molecule has 0 heterocycles. The van der Waals surface area contributed by atoms with Gasteiger partial charge in [0.05, 0.1) is 5.02 Å². The molecule has 0 atom stereocenters. The highest BCUT2D eigenvalue weighted by Crippen LogP contribution is 2.28. The van der Waals surface area contributed by atoms with Gasteiger partial charge in [-0.2, -0.15) is 0 Å². The zero-order valence-corrected chi connectivity index (χ0v) is 10.6. The molecule has 0 aliphatic heterocycles. The number of anilines is 1. The van der Waals surface area contributed by atoms with E-state index in [-0.39, 0.29) is 5.02 Å². The minimum atomic E-state index is -0.421. The van der Waals surface area contributed by atoms with E-state index >= 15 is 0 Å². The second-order valence-corrected chi connectivity index (χ2v) is 3.62. The molecule has 0 fully saturated rings. The molecular weight excluding hydrogens is 237 g/mol. The van der Waals surface area contributed by atoms with Crippen LogP contribution in [0.5, 0.6) is 0 Å². The molecule has 1 nitrogen and oxygen atoms in total. The third-order valence-electron chi connectivity index (χ3n) is 2.19. The summed E-state index contributed by atoms with van der Waals surface area (Å²) in [5, 5.41) is 0.107. The van der Waals surface area contributed by atoms with Crippen molar-refractivity contribution in [1.82, 2.24) is 0 Å². The van der Waals surface area contributed by atoms with Crippen LogP contribution in [0.2, 0.25) is 5.02 Å². The zero-order chi connectivity index (χ0) is 12.8. The predicted octanol–water partition coefficient (Wildman–Crippen LogP) is 4.75. The number of benzene rings is 2. The molecule has 3 heteroatoms. The van der Waals surface area contributed by atoms with E-state index in [1.165, 1.54) is 6.07 Å². The molecule has 0 saturated heterocycles. The van der Waals surface area contributed by atoms with Gasteiger partial charge < -0.3 is 5.73 Å². The lowest BCUT2D eigenvalue weighted by Crippen LogP contribution is -1.89. The first kappa shape index (κ1) is 13.5. The van der Waals surface area contributed by atoms with Crippen LogP contribution in [0.4, 0.5) is 10.1 Å². The van der Waals surface area contributed by atoms with Crippen molar-refractivity contribution in [1.29, 1.82) is 0 Å². The van der Waals surface area contributed by atoms with Crippen LogP contribution in [-0.4, -0.2) is 0 Å². The molecule has 0 bridgehead atoms. The molecule has 2 N–H and O–H groups in total. The Balaban J connectivity index is 0.000000686. The highest BCUT2D eigenvalue weighted by Gasteiger charge is 2.04. The summed E-state index contributed by atoms with van der Waals surface area (Å²) in [7, 11) is 0. The van der Waals surface area contributed by atoms with Crippen LogP contribution in [0.1, 0.15) is 13.8 Å². The molecule has 90 valence electrons. The maximum absolute atomic E-state index is 13.0. The summed E-state index contributed by atoms with van der Waals surface area (Å²) in [6.07, 6.45) is 0. The number of hydrogen-bond acceptors (Lipinski definition) is 1. The molecule has 0 radical (unpaired) electrons. The van der Waals surface area contributed by atoms with Gasteiger partial charge in [-0.05, 0) is 23.8 Å². The van der Waals surface area contributed by atoms with E-state index in [1.807, 2.05) is 32.0 Å². The lowest BCUT2D eigenvalue weighted by atomic mass is 10.0. The fraction of sp³-hybridized carbons (Fsp3) is 0.143. The van der Waals surface area contributed by atoms with Crippen LogP contribution in [0.3, 0.4) is 0 Å². The Hall–Kier alpha value is -1.54. The third kappa shape index (κ3) is 3.21. The normalized spacial score (nSPS) is 9.41. The summed E-state index contributed by atoms with van der Waals surface area (Å²) >= 11 is 5.70. The van der Waals surface area contributed by atoms with Gasteiger partial charge in [0.2, 0.25) is 0 Å². The van der Waals surface area contributed by atoms with Crippen LogP contribution in [0, 0.1) is 5.82 Å². The molecule has 0 spiro atoms. The Morgan fingerprint density at radius 1 is 1.06 bits per heavy atom. The monoisotopic (exact) mass is 251 g/mol. The van der Waals surface area contributed by atoms with Crippen molar-refractivity contribution in [3.8, 4) is 11.1 Å². The van der Waals surface area contributed by atoms with Crippen molar-refractivity contribution >= 4 is 17.3 Å². The van der Waals surface area contributed by atoms with Crippen LogP contribution in [0.15, 0.2) is 42.5 Å². The smallest absolute Gasteiger partial charge is 0.141 e. The van der Waals surface area contributed by atoms with E-state index < -0.39 is 5.82 Å². The fourth-order valence-corrected chi connectivity index (χ4v) is 1.60. The molecule has 0 amide bonds. The Kier molecular flexibility index (Phi) is 4.98. The van der Waals surface area contributed by atoms with Crippen molar-refractivity contribution in [3.05, 3.63) is 53.3 Å². The molecule has 0 aromatic heterocycles. The first-order valence-electron chi connectivity index (χ1n) is 5.48. The van der Waals surface area contributed by atoms with E-state index in [9.17, 15) is 4.39 Å². The van der Waals surface area contributed by atoms with E-state index in [1.54, 1.807) is 18.2 Å². The fourth-order valence-electron chi connectivity index (χ4n) is 1.42. The van der Waals surface area contributed by atoms with E-state index in [0.717, 1.165) is 11.1 Å². The van der Waals surface area contributed by atoms with Gasteiger partial charge in [0, 0.05) is 11.3 Å². The third-order valence-corrected chi connectivity index (χ3v) is 2.48. The molecule has 17 heavy (non-hydrogen) atoms. The summed E-state index contributed by atoms with van der Waals surface area (Å²) in [6, 6.07) is 12.0. The van der Waals surface area contributed by atoms with Gasteiger partial charge in [-0.3, -0.25) is 0 Å². The van der Waals surface area contributed by atoms with Gasteiger partial charge >= 0.3 is 0 Å². The van der Waals surface area contributed by atoms with Crippen LogP contribution >= 0.6 is 11.6 Å². The van der Waals surface area contributed by atoms with Crippen LogP contribution in [-0.2, 0) is 0 Å². The minimum absolute atomic E-state index is 0.107. The molecular formula is C14H15ClFN. The number of halogens is 2. The van der Waals surface area contributed by atoms with Gasteiger partial charge in [0.1, 0.15) is 5.82 Å². The Labute approximate surface area is 106 Å². The molecule has 2 aromatic carbocycles. The summed E-state index contributed by atoms with van der Waals surface area (Å²) < 4.78 is 13.0. The maximum Gasteiger partial charge on any atom is 0.141 e. The zero-order valence-electron chi connectivity index (χ0n) is 9.87. The second kappa shape index (κ2) is 6.26. The lowest BCUT2D eigenvalue weighted by molar-refractivity contribution is 0.628. The van der Waals surface area contributed by atoms with E-state index in [0.29, 0.717) is 5.69 Å². The maximum atomic E-state index is 13.0. The first-order valence-corrected chi connectivity index (χ1v) is 5.86. The molecule has 0 unspecified atom stereocenters. The quantitative estimate of drug-likeness (QED) is 0.727. The Bertz CT molecular complexity index is 497. The SMILES string of the molecule is CC.Nc1ccccc1-c1ccc(F)c(Cl)c1. The topological polar surface area (TPSA) is 26.0 Å². The number of para-hydroxylation sites is 1. The van der Waals surface area contributed by atoms with Gasteiger partial charge in [0.15, 0.2) is 0 Å². The summed E-state index contributed by atoms with van der Waals surface area (Å²) in [5.74, 6) is -0.421. The van der Waals surface area contributed by atoms with Gasteiger partial charge in [-0.25, -0.2) is 4.39 Å². The number of rotatable bonds is 1. The van der Waals surface area contributed by atoms with Gasteiger partial charge in [-0.15, -0.1) is 0 Å².